The number of benzene rings is 1. The topological polar surface area (TPSA) is 32.3 Å². The molecule has 4 rings (SSSR count). The van der Waals surface area contributed by atoms with Crippen molar-refractivity contribution in [1.29, 1.82) is 0 Å². The summed E-state index contributed by atoms with van der Waals surface area (Å²) in [6.07, 6.45) is 4.35. The number of hydrogen-bond acceptors (Lipinski definition) is 2. The molecule has 118 valence electrons. The van der Waals surface area contributed by atoms with Gasteiger partial charge in [-0.2, -0.15) is 0 Å². The maximum absolute atomic E-state index is 13.8. The summed E-state index contributed by atoms with van der Waals surface area (Å²) in [6.45, 7) is 1.05. The van der Waals surface area contributed by atoms with Crippen LogP contribution < -0.4 is 10.2 Å². The van der Waals surface area contributed by atoms with Crippen molar-refractivity contribution in [3.05, 3.63) is 29.8 Å². The largest absolute Gasteiger partial charge is 0.365 e. The molecule has 1 amide bonds. The summed E-state index contributed by atoms with van der Waals surface area (Å²) in [5.41, 5.74) is 0.0301. The number of carbonyl (C=O) groups is 1. The Morgan fingerprint density at radius 2 is 1.82 bits per heavy atom. The van der Waals surface area contributed by atoms with Gasteiger partial charge in [-0.25, -0.2) is 8.78 Å². The summed E-state index contributed by atoms with van der Waals surface area (Å²) in [6, 6.07) is 3.91. The van der Waals surface area contributed by atoms with Crippen molar-refractivity contribution in [3.63, 3.8) is 0 Å². The standard InChI is InChI=1S/C17H20F2N2O/c18-13-5-2-6-14(19)16(13)21-8-7-10(9-21)20-17(22)15-11-3-1-4-12(11)15/h2,5-6,10-12,15H,1,3-4,7-9H2,(H,20,22)/t10-,11-,12+,15?/m0/s1. The van der Waals surface area contributed by atoms with Crippen LogP contribution in [0.25, 0.3) is 0 Å². The van der Waals surface area contributed by atoms with Crippen molar-refractivity contribution >= 4 is 11.6 Å². The van der Waals surface area contributed by atoms with E-state index in [2.05, 4.69) is 5.32 Å². The Bertz CT molecular complexity index is 576. The van der Waals surface area contributed by atoms with E-state index in [9.17, 15) is 13.6 Å². The molecule has 1 N–H and O–H groups in total. The van der Waals surface area contributed by atoms with E-state index in [0.717, 1.165) is 6.42 Å². The summed E-state index contributed by atoms with van der Waals surface area (Å²) >= 11 is 0. The van der Waals surface area contributed by atoms with E-state index in [1.807, 2.05) is 0 Å². The van der Waals surface area contributed by atoms with Crippen LogP contribution in [0.3, 0.4) is 0 Å². The Kier molecular flexibility index (Phi) is 3.31. The zero-order valence-electron chi connectivity index (χ0n) is 12.4. The van der Waals surface area contributed by atoms with Gasteiger partial charge in [0.15, 0.2) is 0 Å². The fourth-order valence-electron chi connectivity index (χ4n) is 4.38. The van der Waals surface area contributed by atoms with Crippen molar-refractivity contribution in [1.82, 2.24) is 5.32 Å². The fraction of sp³-hybridized carbons (Fsp3) is 0.588. The predicted molar refractivity (Wildman–Crippen MR) is 79.4 cm³/mol. The summed E-state index contributed by atoms with van der Waals surface area (Å²) in [5, 5.41) is 3.08. The number of hydrogen-bond donors (Lipinski definition) is 1. The van der Waals surface area contributed by atoms with E-state index < -0.39 is 11.6 Å². The maximum Gasteiger partial charge on any atom is 0.223 e. The van der Waals surface area contributed by atoms with E-state index >= 15 is 0 Å². The molecule has 1 aromatic rings. The number of rotatable bonds is 3. The van der Waals surface area contributed by atoms with Crippen molar-refractivity contribution in [3.8, 4) is 0 Å². The lowest BCUT2D eigenvalue weighted by molar-refractivity contribution is -0.123. The van der Waals surface area contributed by atoms with E-state index in [4.69, 9.17) is 0 Å². The third kappa shape index (κ3) is 2.27. The highest BCUT2D eigenvalue weighted by molar-refractivity contribution is 5.82. The fourth-order valence-corrected chi connectivity index (χ4v) is 4.38. The highest BCUT2D eigenvalue weighted by Crippen LogP contribution is 2.57. The maximum atomic E-state index is 13.8. The second-order valence-corrected chi connectivity index (χ2v) is 6.79. The van der Waals surface area contributed by atoms with Crippen molar-refractivity contribution in [2.75, 3.05) is 18.0 Å². The van der Waals surface area contributed by atoms with E-state index in [-0.39, 0.29) is 23.6 Å². The van der Waals surface area contributed by atoms with E-state index in [1.165, 1.54) is 37.5 Å². The molecule has 1 aliphatic heterocycles. The molecule has 3 aliphatic rings. The minimum absolute atomic E-state index is 0.00664. The predicted octanol–water partition coefficient (Wildman–Crippen LogP) is 2.71. The summed E-state index contributed by atoms with van der Waals surface area (Å²) in [5.74, 6) is 0.471. The average Bonchev–Trinajstić information content (AvgIpc) is 2.85. The Labute approximate surface area is 128 Å². The molecule has 1 aromatic carbocycles. The molecule has 3 fully saturated rings. The summed E-state index contributed by atoms with van der Waals surface area (Å²) in [7, 11) is 0. The molecule has 4 atom stereocenters. The third-order valence-electron chi connectivity index (χ3n) is 5.50. The number of para-hydroxylation sites is 1. The number of nitrogens with zero attached hydrogens (tertiary/aromatic N) is 1. The lowest BCUT2D eigenvalue weighted by Crippen LogP contribution is -2.38. The Morgan fingerprint density at radius 1 is 1.14 bits per heavy atom. The summed E-state index contributed by atoms with van der Waals surface area (Å²) < 4.78 is 27.6. The smallest absolute Gasteiger partial charge is 0.223 e. The molecular formula is C17H20F2N2O. The van der Waals surface area contributed by atoms with Crippen LogP contribution in [0.2, 0.25) is 0 Å². The Balaban J connectivity index is 1.37. The minimum Gasteiger partial charge on any atom is -0.365 e. The monoisotopic (exact) mass is 306 g/mol. The first-order valence-corrected chi connectivity index (χ1v) is 8.14. The van der Waals surface area contributed by atoms with Gasteiger partial charge in [0.25, 0.3) is 0 Å². The minimum atomic E-state index is -0.538. The SMILES string of the molecule is O=C(N[C@H]1CCN(c2c(F)cccc2F)C1)C1[C@H]2CCC[C@@H]12. The van der Waals surface area contributed by atoms with Gasteiger partial charge >= 0.3 is 0 Å². The molecular weight excluding hydrogens is 286 g/mol. The normalized spacial score (nSPS) is 32.9. The molecule has 1 heterocycles. The molecule has 0 aromatic heterocycles. The zero-order chi connectivity index (χ0) is 15.3. The second kappa shape index (κ2) is 5.21. The van der Waals surface area contributed by atoms with Crippen LogP contribution >= 0.6 is 0 Å². The van der Waals surface area contributed by atoms with Gasteiger partial charge in [0, 0.05) is 25.0 Å². The molecule has 0 bridgehead atoms. The summed E-state index contributed by atoms with van der Waals surface area (Å²) in [4.78, 5) is 14.0. The molecule has 22 heavy (non-hydrogen) atoms. The molecule has 1 saturated heterocycles. The Morgan fingerprint density at radius 3 is 2.50 bits per heavy atom. The molecule has 3 nitrogen and oxygen atoms in total. The van der Waals surface area contributed by atoms with Gasteiger partial charge in [-0.05, 0) is 43.2 Å². The first-order chi connectivity index (χ1) is 10.6. The van der Waals surface area contributed by atoms with Crippen LogP contribution in [-0.2, 0) is 4.79 Å². The Hall–Kier alpha value is -1.65. The first kappa shape index (κ1) is 14.0. The van der Waals surface area contributed by atoms with Gasteiger partial charge in [0.05, 0.1) is 0 Å². The van der Waals surface area contributed by atoms with Crippen LogP contribution in [0.15, 0.2) is 18.2 Å². The number of halogens is 2. The van der Waals surface area contributed by atoms with Crippen LogP contribution in [0.1, 0.15) is 25.7 Å². The molecule has 5 heteroatoms. The number of fused-ring (bicyclic) bond motifs is 1. The van der Waals surface area contributed by atoms with Crippen LogP contribution in [0, 0.1) is 29.4 Å². The van der Waals surface area contributed by atoms with Gasteiger partial charge in [-0.15, -0.1) is 0 Å². The van der Waals surface area contributed by atoms with Gasteiger partial charge < -0.3 is 10.2 Å². The highest BCUT2D eigenvalue weighted by Gasteiger charge is 2.56. The number of nitrogens with one attached hydrogen (secondary N) is 1. The third-order valence-corrected chi connectivity index (χ3v) is 5.50. The number of amides is 1. The average molecular weight is 306 g/mol. The van der Waals surface area contributed by atoms with Gasteiger partial charge in [0.2, 0.25) is 5.91 Å². The van der Waals surface area contributed by atoms with Gasteiger partial charge in [0.1, 0.15) is 17.3 Å². The van der Waals surface area contributed by atoms with Crippen molar-refractivity contribution in [2.45, 2.75) is 31.7 Å². The van der Waals surface area contributed by atoms with Crippen LogP contribution in [0.5, 0.6) is 0 Å². The molecule has 0 radical (unpaired) electrons. The van der Waals surface area contributed by atoms with E-state index in [1.54, 1.807) is 4.90 Å². The quantitative estimate of drug-likeness (QED) is 0.931. The molecule has 0 spiro atoms. The molecule has 2 aliphatic carbocycles. The van der Waals surface area contributed by atoms with Crippen LogP contribution in [-0.4, -0.2) is 25.0 Å². The van der Waals surface area contributed by atoms with Crippen molar-refractivity contribution < 1.29 is 13.6 Å². The molecule has 1 unspecified atom stereocenters. The first-order valence-electron chi connectivity index (χ1n) is 8.14. The van der Waals surface area contributed by atoms with Gasteiger partial charge in [-0.3, -0.25) is 4.79 Å². The van der Waals surface area contributed by atoms with Gasteiger partial charge in [-0.1, -0.05) is 12.5 Å². The second-order valence-electron chi connectivity index (χ2n) is 6.79. The number of anilines is 1. The van der Waals surface area contributed by atoms with E-state index in [0.29, 0.717) is 24.9 Å². The highest BCUT2D eigenvalue weighted by atomic mass is 19.1. The lowest BCUT2D eigenvalue weighted by atomic mass is 10.1. The zero-order valence-corrected chi connectivity index (χ0v) is 12.4. The van der Waals surface area contributed by atoms with Crippen LogP contribution in [0.4, 0.5) is 14.5 Å². The van der Waals surface area contributed by atoms with Crippen molar-refractivity contribution in [2.24, 2.45) is 17.8 Å². The number of carbonyl (C=O) groups excluding carboxylic acids is 1. The molecule has 2 saturated carbocycles. The lowest BCUT2D eigenvalue weighted by Gasteiger charge is -2.20.